The maximum atomic E-state index is 11.8. The molecule has 30 heavy (non-hydrogen) atoms. The van der Waals surface area contributed by atoms with E-state index in [1.807, 2.05) is 13.0 Å². The molecule has 2 aliphatic rings. The van der Waals surface area contributed by atoms with Gasteiger partial charge in [-0.1, -0.05) is 49.7 Å². The van der Waals surface area contributed by atoms with Crippen molar-refractivity contribution in [1.82, 2.24) is 10.0 Å². The number of rotatable bonds is 9. The Bertz CT molecular complexity index is 956. The lowest BCUT2D eigenvalue weighted by molar-refractivity contribution is 0.164. The van der Waals surface area contributed by atoms with Gasteiger partial charge >= 0.3 is 0 Å². The fourth-order valence-electron chi connectivity index (χ4n) is 4.89. The number of fused-ring (bicyclic) bond motifs is 1. The Kier molecular flexibility index (Phi) is 6.46. The van der Waals surface area contributed by atoms with Crippen molar-refractivity contribution in [3.63, 3.8) is 0 Å². The van der Waals surface area contributed by atoms with E-state index in [2.05, 4.69) is 52.5 Å². The Morgan fingerprint density at radius 2 is 1.97 bits per heavy atom. The topological polar surface area (TPSA) is 67.4 Å². The lowest BCUT2D eigenvalue weighted by atomic mass is 9.58. The second-order valence-corrected chi connectivity index (χ2v) is 10.4. The fourth-order valence-corrected chi connectivity index (χ4v) is 5.97. The van der Waals surface area contributed by atoms with E-state index < -0.39 is 10.0 Å². The van der Waals surface area contributed by atoms with Gasteiger partial charge in [0, 0.05) is 18.0 Å². The van der Waals surface area contributed by atoms with Crippen LogP contribution >= 0.6 is 0 Å². The van der Waals surface area contributed by atoms with Crippen LogP contribution in [-0.2, 0) is 21.9 Å². The van der Waals surface area contributed by atoms with Crippen LogP contribution in [0.15, 0.2) is 48.5 Å². The van der Waals surface area contributed by atoms with Crippen molar-refractivity contribution in [2.24, 2.45) is 0 Å². The van der Waals surface area contributed by atoms with E-state index in [0.717, 1.165) is 18.7 Å². The van der Waals surface area contributed by atoms with Crippen LogP contribution in [0.4, 0.5) is 0 Å². The van der Waals surface area contributed by atoms with Crippen molar-refractivity contribution < 1.29 is 13.2 Å². The first-order valence-corrected chi connectivity index (χ1v) is 12.7. The molecule has 2 N–H and O–H groups in total. The number of nitrogens with one attached hydrogen (secondary N) is 2. The number of benzene rings is 2. The Balaban J connectivity index is 1.50. The summed E-state index contributed by atoms with van der Waals surface area (Å²) < 4.78 is 32.1. The van der Waals surface area contributed by atoms with Gasteiger partial charge in [-0.3, -0.25) is 0 Å². The number of sulfonamides is 1. The Morgan fingerprint density at radius 1 is 1.17 bits per heavy atom. The standard InChI is InChI=1S/C24H32N2O3S/c1-2-17-30(27,28)26-15-16-29-21-10-9-19-11-14-25-23(22(19)18-21)24(12-6-13-24)20-7-4-3-5-8-20/h3-5,7-10,18,23,25-26H,2,6,11-17H2,1H3. The molecule has 1 fully saturated rings. The van der Waals surface area contributed by atoms with Gasteiger partial charge in [0.05, 0.1) is 5.75 Å². The van der Waals surface area contributed by atoms with E-state index in [-0.39, 0.29) is 23.8 Å². The van der Waals surface area contributed by atoms with E-state index in [9.17, 15) is 8.42 Å². The summed E-state index contributed by atoms with van der Waals surface area (Å²) in [6.07, 6.45) is 5.28. The molecule has 0 aromatic heterocycles. The molecule has 1 unspecified atom stereocenters. The largest absolute Gasteiger partial charge is 0.492 e. The van der Waals surface area contributed by atoms with E-state index in [1.54, 1.807) is 0 Å². The molecule has 1 aliphatic heterocycles. The molecular weight excluding hydrogens is 396 g/mol. The zero-order valence-electron chi connectivity index (χ0n) is 17.7. The Morgan fingerprint density at radius 3 is 2.67 bits per heavy atom. The number of ether oxygens (including phenoxy) is 1. The third-order valence-corrected chi connectivity index (χ3v) is 8.07. The summed E-state index contributed by atoms with van der Waals surface area (Å²) in [5.41, 5.74) is 4.27. The van der Waals surface area contributed by atoms with Gasteiger partial charge in [0.15, 0.2) is 0 Å². The average molecular weight is 429 g/mol. The molecule has 1 aliphatic carbocycles. The van der Waals surface area contributed by atoms with Gasteiger partial charge in [0.1, 0.15) is 12.4 Å². The molecule has 0 amide bonds. The lowest BCUT2D eigenvalue weighted by Gasteiger charge is -2.50. The minimum atomic E-state index is -3.20. The van der Waals surface area contributed by atoms with Crippen LogP contribution < -0.4 is 14.8 Å². The predicted octanol–water partition coefficient (Wildman–Crippen LogP) is 3.70. The summed E-state index contributed by atoms with van der Waals surface area (Å²) in [4.78, 5) is 0. The first-order valence-electron chi connectivity index (χ1n) is 11.1. The molecule has 0 saturated heterocycles. The van der Waals surface area contributed by atoms with Crippen LogP contribution in [0.1, 0.15) is 55.3 Å². The van der Waals surface area contributed by atoms with Gasteiger partial charge in [-0.25, -0.2) is 13.1 Å². The summed E-state index contributed by atoms with van der Waals surface area (Å²) in [6.45, 7) is 3.46. The minimum absolute atomic E-state index is 0.144. The molecule has 162 valence electrons. The summed E-state index contributed by atoms with van der Waals surface area (Å²) in [6, 6.07) is 17.5. The van der Waals surface area contributed by atoms with Crippen LogP contribution in [0.5, 0.6) is 5.75 Å². The summed E-state index contributed by atoms with van der Waals surface area (Å²) >= 11 is 0. The van der Waals surface area contributed by atoms with Crippen LogP contribution in [0, 0.1) is 0 Å². The van der Waals surface area contributed by atoms with Gasteiger partial charge in [-0.2, -0.15) is 0 Å². The van der Waals surface area contributed by atoms with Gasteiger partial charge in [-0.15, -0.1) is 0 Å². The molecule has 2 aromatic carbocycles. The van der Waals surface area contributed by atoms with E-state index in [1.165, 1.54) is 36.0 Å². The minimum Gasteiger partial charge on any atom is -0.492 e. The third kappa shape index (κ3) is 4.41. The molecule has 5 nitrogen and oxygen atoms in total. The summed E-state index contributed by atoms with van der Waals surface area (Å²) in [5.74, 6) is 0.959. The lowest BCUT2D eigenvalue weighted by Crippen LogP contribution is -2.49. The maximum absolute atomic E-state index is 11.8. The number of hydrogen-bond donors (Lipinski definition) is 2. The number of hydrogen-bond acceptors (Lipinski definition) is 4. The van der Waals surface area contributed by atoms with Gasteiger partial charge < -0.3 is 10.1 Å². The van der Waals surface area contributed by atoms with Gasteiger partial charge in [0.25, 0.3) is 0 Å². The molecular formula is C24H32N2O3S. The summed E-state index contributed by atoms with van der Waals surface area (Å²) in [7, 11) is -3.20. The molecule has 6 heteroatoms. The zero-order valence-corrected chi connectivity index (χ0v) is 18.5. The van der Waals surface area contributed by atoms with Crippen LogP contribution in [-0.4, -0.2) is 33.9 Å². The van der Waals surface area contributed by atoms with E-state index in [0.29, 0.717) is 13.0 Å². The van der Waals surface area contributed by atoms with Crippen molar-refractivity contribution in [2.75, 3.05) is 25.4 Å². The quantitative estimate of drug-likeness (QED) is 0.598. The first-order chi connectivity index (χ1) is 14.5. The molecule has 1 atom stereocenters. The van der Waals surface area contributed by atoms with Gasteiger partial charge in [-0.05, 0) is 61.1 Å². The molecule has 2 aromatic rings. The fraction of sp³-hybridized carbons (Fsp3) is 0.500. The van der Waals surface area contributed by atoms with E-state index in [4.69, 9.17) is 4.74 Å². The van der Waals surface area contributed by atoms with Crippen molar-refractivity contribution in [3.8, 4) is 5.75 Å². The van der Waals surface area contributed by atoms with E-state index >= 15 is 0 Å². The van der Waals surface area contributed by atoms with Crippen LogP contribution in [0.25, 0.3) is 0 Å². The predicted molar refractivity (Wildman–Crippen MR) is 120 cm³/mol. The van der Waals surface area contributed by atoms with Crippen molar-refractivity contribution in [3.05, 3.63) is 65.2 Å². The van der Waals surface area contributed by atoms with Crippen LogP contribution in [0.2, 0.25) is 0 Å². The highest BCUT2D eigenvalue weighted by Gasteiger charge is 2.47. The van der Waals surface area contributed by atoms with Crippen LogP contribution in [0.3, 0.4) is 0 Å². The normalized spacial score (nSPS) is 20.2. The highest BCUT2D eigenvalue weighted by molar-refractivity contribution is 7.89. The Hall–Kier alpha value is -1.89. The molecule has 1 saturated carbocycles. The molecule has 0 radical (unpaired) electrons. The molecule has 1 heterocycles. The van der Waals surface area contributed by atoms with Crippen molar-refractivity contribution >= 4 is 10.0 Å². The first kappa shape index (κ1) is 21.3. The average Bonchev–Trinajstić information content (AvgIpc) is 2.71. The third-order valence-electron chi connectivity index (χ3n) is 6.48. The maximum Gasteiger partial charge on any atom is 0.211 e. The molecule has 0 spiro atoms. The Labute approximate surface area is 180 Å². The molecule has 0 bridgehead atoms. The second-order valence-electron chi connectivity index (χ2n) is 8.44. The highest BCUT2D eigenvalue weighted by Crippen LogP contribution is 2.53. The van der Waals surface area contributed by atoms with Gasteiger partial charge in [0.2, 0.25) is 10.0 Å². The SMILES string of the molecule is CCCS(=O)(=O)NCCOc1ccc2c(c1)C(C1(c3ccccc3)CCC1)NCC2. The zero-order chi connectivity index (χ0) is 21.0. The summed E-state index contributed by atoms with van der Waals surface area (Å²) in [5, 5.41) is 3.80. The van der Waals surface area contributed by atoms with Crippen molar-refractivity contribution in [1.29, 1.82) is 0 Å². The monoisotopic (exact) mass is 428 g/mol. The second kappa shape index (κ2) is 9.08. The smallest absolute Gasteiger partial charge is 0.211 e. The highest BCUT2D eigenvalue weighted by atomic mass is 32.2. The van der Waals surface area contributed by atoms with Crippen molar-refractivity contribution in [2.45, 2.75) is 50.5 Å². The molecule has 4 rings (SSSR count).